The van der Waals surface area contributed by atoms with Gasteiger partial charge in [0.05, 0.1) is 0 Å². The molecule has 0 saturated carbocycles. The first-order valence-electron chi connectivity index (χ1n) is 7.81. The Morgan fingerprint density at radius 3 is 1.61 bits per heavy atom. The molecule has 0 heterocycles. The number of hydrogen-bond donors (Lipinski definition) is 0. The molecule has 0 bridgehead atoms. The summed E-state index contributed by atoms with van der Waals surface area (Å²) in [5.74, 6) is 0.374. The fourth-order valence-corrected chi connectivity index (χ4v) is 3.00. The molecule has 2 aliphatic carbocycles. The average Bonchev–Trinajstić information content (AvgIpc) is 2.27. The first kappa shape index (κ1) is 13.6. The van der Waals surface area contributed by atoms with E-state index >= 15 is 0 Å². The van der Waals surface area contributed by atoms with Crippen molar-refractivity contribution in [3.8, 4) is 0 Å². The second-order valence-electron chi connectivity index (χ2n) is 5.69. The molecule has 0 aromatic carbocycles. The van der Waals surface area contributed by atoms with Crippen LogP contribution in [-0.4, -0.2) is 5.78 Å². The van der Waals surface area contributed by atoms with E-state index in [4.69, 9.17) is 0 Å². The summed E-state index contributed by atoms with van der Waals surface area (Å²) in [5.41, 5.74) is 2.23. The number of rotatable bonds is 2. The zero-order chi connectivity index (χ0) is 12.6. The lowest BCUT2D eigenvalue weighted by Crippen LogP contribution is -2.09. The van der Waals surface area contributed by atoms with Crippen LogP contribution in [0, 0.1) is 0 Å². The molecule has 2 aliphatic rings. The first-order valence-corrected chi connectivity index (χ1v) is 7.81. The van der Waals surface area contributed by atoms with Crippen LogP contribution in [0.1, 0.15) is 77.0 Å². The van der Waals surface area contributed by atoms with Gasteiger partial charge in [-0.05, 0) is 62.5 Å². The Labute approximate surface area is 111 Å². The molecule has 0 aliphatic heterocycles. The molecule has 0 aromatic heterocycles. The maximum Gasteiger partial charge on any atom is 0.184 e. The Balaban J connectivity index is 2.03. The molecule has 0 aromatic rings. The summed E-state index contributed by atoms with van der Waals surface area (Å²) in [4.78, 5) is 12.5. The molecule has 0 amide bonds. The molecule has 2 rings (SSSR count). The second-order valence-corrected chi connectivity index (χ2v) is 5.69. The van der Waals surface area contributed by atoms with Gasteiger partial charge >= 0.3 is 0 Å². The average molecular weight is 246 g/mol. The number of Topliss-reactive ketones (excluding diaryl/α,β-unsaturated/α-hetero) is 1. The smallest absolute Gasteiger partial charge is 0.184 e. The Morgan fingerprint density at radius 2 is 1.11 bits per heavy atom. The van der Waals surface area contributed by atoms with Gasteiger partial charge in [-0.1, -0.05) is 37.8 Å². The summed E-state index contributed by atoms with van der Waals surface area (Å²) in [6.07, 6.45) is 18.9. The fraction of sp³-hybridized carbons (Fsp3) is 0.706. The van der Waals surface area contributed by atoms with Gasteiger partial charge in [-0.15, -0.1) is 0 Å². The van der Waals surface area contributed by atoms with Gasteiger partial charge in [0.2, 0.25) is 0 Å². The van der Waals surface area contributed by atoms with Crippen molar-refractivity contribution >= 4 is 5.78 Å². The van der Waals surface area contributed by atoms with E-state index in [9.17, 15) is 4.79 Å². The van der Waals surface area contributed by atoms with Crippen LogP contribution < -0.4 is 0 Å². The van der Waals surface area contributed by atoms with E-state index in [-0.39, 0.29) is 0 Å². The highest BCUT2D eigenvalue weighted by molar-refractivity contribution is 6.08. The zero-order valence-electron chi connectivity index (χ0n) is 11.5. The quantitative estimate of drug-likeness (QED) is 0.661. The Kier molecular flexibility index (Phi) is 5.70. The molecule has 1 heteroatoms. The maximum absolute atomic E-state index is 12.5. The Morgan fingerprint density at radius 1 is 0.667 bits per heavy atom. The molecule has 0 radical (unpaired) electrons. The highest BCUT2D eigenvalue weighted by Crippen LogP contribution is 2.24. The van der Waals surface area contributed by atoms with Crippen molar-refractivity contribution in [1.29, 1.82) is 0 Å². The van der Waals surface area contributed by atoms with Gasteiger partial charge in [0.1, 0.15) is 0 Å². The molecule has 100 valence electrons. The number of allylic oxidation sites excluding steroid dienone is 4. The summed E-state index contributed by atoms with van der Waals surface area (Å²) >= 11 is 0. The normalized spacial score (nSPS) is 28.7. The largest absolute Gasteiger partial charge is 0.289 e. The topological polar surface area (TPSA) is 17.1 Å². The van der Waals surface area contributed by atoms with E-state index in [0.717, 1.165) is 36.8 Å². The summed E-state index contributed by atoms with van der Waals surface area (Å²) in [5, 5.41) is 0. The first-order chi connectivity index (χ1) is 8.88. The molecule has 0 spiro atoms. The lowest BCUT2D eigenvalue weighted by Gasteiger charge is -2.14. The van der Waals surface area contributed by atoms with Gasteiger partial charge in [-0.3, -0.25) is 4.79 Å². The van der Waals surface area contributed by atoms with Gasteiger partial charge in [-0.2, -0.15) is 0 Å². The minimum atomic E-state index is 0.374. The van der Waals surface area contributed by atoms with Crippen LogP contribution in [0.2, 0.25) is 0 Å². The van der Waals surface area contributed by atoms with Gasteiger partial charge in [0, 0.05) is 0 Å². The fourth-order valence-electron chi connectivity index (χ4n) is 3.00. The van der Waals surface area contributed by atoms with Crippen LogP contribution in [0.5, 0.6) is 0 Å². The van der Waals surface area contributed by atoms with Crippen molar-refractivity contribution in [2.45, 2.75) is 77.0 Å². The maximum atomic E-state index is 12.5. The molecule has 1 nitrogen and oxygen atoms in total. The van der Waals surface area contributed by atoms with E-state index in [1.807, 2.05) is 0 Å². The summed E-state index contributed by atoms with van der Waals surface area (Å²) in [6, 6.07) is 0. The minimum absolute atomic E-state index is 0.374. The number of carbonyl (C=O) groups excluding carboxylic acids is 1. The number of carbonyl (C=O) groups is 1. The van der Waals surface area contributed by atoms with Crippen LogP contribution in [0.4, 0.5) is 0 Å². The zero-order valence-corrected chi connectivity index (χ0v) is 11.5. The molecule has 0 fully saturated rings. The van der Waals surface area contributed by atoms with Gasteiger partial charge in [-0.25, -0.2) is 0 Å². The standard InChI is InChI=1S/C17H26O/c18-17(15-11-7-3-1-4-8-12-15)16-13-9-5-2-6-10-14-16/h11,13H,1-10,12,14H2/b15-11+,16-13+. The molecule has 0 saturated heterocycles. The lowest BCUT2D eigenvalue weighted by atomic mass is 9.90. The Hall–Kier alpha value is -0.850. The Bertz CT molecular complexity index is 304. The van der Waals surface area contributed by atoms with Crippen LogP contribution in [0.3, 0.4) is 0 Å². The van der Waals surface area contributed by atoms with Gasteiger partial charge in [0.15, 0.2) is 5.78 Å². The van der Waals surface area contributed by atoms with Gasteiger partial charge in [0.25, 0.3) is 0 Å². The summed E-state index contributed by atoms with van der Waals surface area (Å²) < 4.78 is 0. The van der Waals surface area contributed by atoms with Crippen molar-refractivity contribution in [3.05, 3.63) is 23.3 Å². The van der Waals surface area contributed by atoms with Gasteiger partial charge < -0.3 is 0 Å². The number of hydrogen-bond acceptors (Lipinski definition) is 1. The third-order valence-corrected chi connectivity index (χ3v) is 4.17. The van der Waals surface area contributed by atoms with E-state index in [1.165, 1.54) is 51.4 Å². The number of ketones is 1. The molecule has 0 N–H and O–H groups in total. The molecule has 0 atom stereocenters. The van der Waals surface area contributed by atoms with Crippen molar-refractivity contribution in [2.24, 2.45) is 0 Å². The van der Waals surface area contributed by atoms with Crippen LogP contribution in [0.15, 0.2) is 23.3 Å². The third kappa shape index (κ3) is 4.12. The van der Waals surface area contributed by atoms with Crippen LogP contribution in [-0.2, 0) is 4.79 Å². The second kappa shape index (κ2) is 7.56. The van der Waals surface area contributed by atoms with Crippen molar-refractivity contribution in [3.63, 3.8) is 0 Å². The van der Waals surface area contributed by atoms with Crippen LogP contribution >= 0.6 is 0 Å². The van der Waals surface area contributed by atoms with Crippen molar-refractivity contribution < 1.29 is 4.79 Å². The van der Waals surface area contributed by atoms with Crippen molar-refractivity contribution in [1.82, 2.24) is 0 Å². The van der Waals surface area contributed by atoms with Crippen LogP contribution in [0.25, 0.3) is 0 Å². The molecular formula is C17H26O. The predicted octanol–water partition coefficient (Wildman–Crippen LogP) is 5.12. The highest BCUT2D eigenvalue weighted by atomic mass is 16.1. The lowest BCUT2D eigenvalue weighted by molar-refractivity contribution is -0.112. The minimum Gasteiger partial charge on any atom is -0.289 e. The predicted molar refractivity (Wildman–Crippen MR) is 76.6 cm³/mol. The van der Waals surface area contributed by atoms with E-state index in [0.29, 0.717) is 5.78 Å². The highest BCUT2D eigenvalue weighted by Gasteiger charge is 2.16. The monoisotopic (exact) mass is 246 g/mol. The van der Waals surface area contributed by atoms with E-state index < -0.39 is 0 Å². The SMILES string of the molecule is O=C(/C1=C/CCCCCC1)/C1=C/CCCCCC1. The summed E-state index contributed by atoms with van der Waals surface area (Å²) in [7, 11) is 0. The molecule has 0 unspecified atom stereocenters. The molecule has 18 heavy (non-hydrogen) atoms. The third-order valence-electron chi connectivity index (χ3n) is 4.17. The van der Waals surface area contributed by atoms with E-state index in [1.54, 1.807) is 0 Å². The molecular weight excluding hydrogens is 220 g/mol. The van der Waals surface area contributed by atoms with Crippen molar-refractivity contribution in [2.75, 3.05) is 0 Å². The summed E-state index contributed by atoms with van der Waals surface area (Å²) in [6.45, 7) is 0. The van der Waals surface area contributed by atoms with E-state index in [2.05, 4.69) is 12.2 Å².